The second-order valence-corrected chi connectivity index (χ2v) is 7.84. The minimum absolute atomic E-state index is 0.0661. The molecule has 0 saturated carbocycles. The van der Waals surface area contributed by atoms with Gasteiger partial charge >= 0.3 is 12.1 Å². The molecule has 1 aromatic rings. The average Bonchev–Trinajstić information content (AvgIpc) is 2.68. The maximum Gasteiger partial charge on any atom is 0.408 e. The number of esters is 1. The molecule has 0 bridgehead atoms. The van der Waals surface area contributed by atoms with Gasteiger partial charge in [0.15, 0.2) is 0 Å². The Morgan fingerprint density at radius 1 is 1.13 bits per heavy atom. The first-order valence-corrected chi connectivity index (χ1v) is 9.96. The number of rotatable bonds is 11. The summed E-state index contributed by atoms with van der Waals surface area (Å²) in [6.45, 7) is 5.13. The van der Waals surface area contributed by atoms with Crippen molar-refractivity contribution >= 4 is 18.0 Å². The maximum atomic E-state index is 12.3. The summed E-state index contributed by atoms with van der Waals surface area (Å²) in [4.78, 5) is 36.3. The lowest BCUT2D eigenvalue weighted by molar-refractivity contribution is -0.146. The van der Waals surface area contributed by atoms with E-state index in [-0.39, 0.29) is 32.6 Å². The normalized spacial score (nSPS) is 13.1. The van der Waals surface area contributed by atoms with E-state index in [0.717, 1.165) is 5.56 Å². The summed E-state index contributed by atoms with van der Waals surface area (Å²) in [5.74, 6) is -0.977. The first-order valence-electron chi connectivity index (χ1n) is 9.96. The quantitative estimate of drug-likeness (QED) is 0.392. The summed E-state index contributed by atoms with van der Waals surface area (Å²) in [5.41, 5.74) is 6.04. The van der Waals surface area contributed by atoms with Crippen molar-refractivity contribution in [1.29, 1.82) is 0 Å². The lowest BCUT2D eigenvalue weighted by atomic mass is 10.1. The zero-order valence-electron chi connectivity index (χ0n) is 17.8. The van der Waals surface area contributed by atoms with Crippen LogP contribution in [0.5, 0.6) is 0 Å². The van der Waals surface area contributed by atoms with E-state index in [1.807, 2.05) is 30.3 Å². The maximum absolute atomic E-state index is 12.3. The number of aliphatic hydroxyl groups is 1. The molecule has 0 spiro atoms. The molecule has 9 heteroatoms. The van der Waals surface area contributed by atoms with Gasteiger partial charge in [-0.05, 0) is 45.6 Å². The zero-order valence-corrected chi connectivity index (χ0v) is 17.8. The van der Waals surface area contributed by atoms with E-state index in [9.17, 15) is 14.4 Å². The van der Waals surface area contributed by atoms with E-state index >= 15 is 0 Å². The van der Waals surface area contributed by atoms with Gasteiger partial charge in [-0.15, -0.1) is 0 Å². The number of ether oxygens (including phenoxy) is 2. The van der Waals surface area contributed by atoms with Gasteiger partial charge in [0.1, 0.15) is 24.3 Å². The number of alkyl carbamates (subject to hydrolysis) is 1. The number of aliphatic hydroxyl groups excluding tert-OH is 1. The lowest BCUT2D eigenvalue weighted by Gasteiger charge is -2.23. The molecule has 0 heterocycles. The number of benzene rings is 1. The lowest BCUT2D eigenvalue weighted by Crippen LogP contribution is -2.48. The molecule has 0 aliphatic rings. The molecule has 168 valence electrons. The topological polar surface area (TPSA) is 140 Å². The number of hydrogen-bond acceptors (Lipinski definition) is 7. The summed E-state index contributed by atoms with van der Waals surface area (Å²) in [5, 5.41) is 13.9. The molecule has 0 aliphatic heterocycles. The Morgan fingerprint density at radius 3 is 2.40 bits per heavy atom. The molecule has 0 fully saturated rings. The fraction of sp³-hybridized carbons (Fsp3) is 0.571. The van der Waals surface area contributed by atoms with Gasteiger partial charge in [0.05, 0.1) is 6.61 Å². The van der Waals surface area contributed by atoms with Crippen LogP contribution in [0.1, 0.15) is 45.6 Å². The highest BCUT2D eigenvalue weighted by atomic mass is 16.6. The number of carbonyl (C=O) groups excluding carboxylic acids is 3. The van der Waals surface area contributed by atoms with Crippen molar-refractivity contribution in [2.75, 3.05) is 13.2 Å². The molecule has 0 aromatic heterocycles. The Labute approximate surface area is 177 Å². The van der Waals surface area contributed by atoms with Crippen LogP contribution in [0.3, 0.4) is 0 Å². The van der Waals surface area contributed by atoms with Crippen molar-refractivity contribution < 1.29 is 29.0 Å². The first kappa shape index (κ1) is 25.4. The molecule has 0 saturated heterocycles. The van der Waals surface area contributed by atoms with Crippen LogP contribution in [0, 0.1) is 0 Å². The molecule has 2 amide bonds. The highest BCUT2D eigenvalue weighted by molar-refractivity contribution is 5.85. The van der Waals surface area contributed by atoms with Gasteiger partial charge in [-0.25, -0.2) is 4.79 Å². The Hall–Kier alpha value is -2.65. The Balaban J connectivity index is 2.50. The van der Waals surface area contributed by atoms with Crippen LogP contribution in [0.2, 0.25) is 0 Å². The Bertz CT molecular complexity index is 675. The van der Waals surface area contributed by atoms with Crippen LogP contribution >= 0.6 is 0 Å². The van der Waals surface area contributed by atoms with Crippen LogP contribution in [0.15, 0.2) is 30.3 Å². The molecular formula is C21H33N3O6. The fourth-order valence-corrected chi connectivity index (χ4v) is 2.52. The van der Waals surface area contributed by atoms with Crippen LogP contribution in [0.25, 0.3) is 0 Å². The summed E-state index contributed by atoms with van der Waals surface area (Å²) < 4.78 is 10.4. The fourth-order valence-electron chi connectivity index (χ4n) is 2.52. The van der Waals surface area contributed by atoms with Gasteiger partial charge < -0.3 is 30.9 Å². The third kappa shape index (κ3) is 10.8. The summed E-state index contributed by atoms with van der Waals surface area (Å²) >= 11 is 0. The molecule has 1 unspecified atom stereocenters. The van der Waals surface area contributed by atoms with Crippen molar-refractivity contribution in [1.82, 2.24) is 10.6 Å². The highest BCUT2D eigenvalue weighted by Crippen LogP contribution is 2.10. The number of nitrogens with two attached hydrogens (primary N) is 1. The third-order valence-electron chi connectivity index (χ3n) is 3.95. The number of amides is 2. The van der Waals surface area contributed by atoms with Gasteiger partial charge in [-0.2, -0.15) is 0 Å². The van der Waals surface area contributed by atoms with Crippen LogP contribution in [-0.4, -0.2) is 53.9 Å². The number of nitrogens with one attached hydrogen (secondary N) is 2. The smallest absolute Gasteiger partial charge is 0.408 e. The third-order valence-corrected chi connectivity index (χ3v) is 3.95. The van der Waals surface area contributed by atoms with Gasteiger partial charge in [0.25, 0.3) is 0 Å². The Kier molecular flexibility index (Phi) is 10.8. The second kappa shape index (κ2) is 12.8. The summed E-state index contributed by atoms with van der Waals surface area (Å²) in [7, 11) is 0. The summed E-state index contributed by atoms with van der Waals surface area (Å²) in [6, 6.07) is 7.55. The molecule has 1 rings (SSSR count). The minimum Gasteiger partial charge on any atom is -0.460 e. The van der Waals surface area contributed by atoms with Gasteiger partial charge in [-0.3, -0.25) is 9.59 Å². The SMILES string of the molecule is CC(C)(C)OC(=O)N[C@@H](CCCC(N)C(=O)OCc1ccccc1)C(=O)NCCO. The Morgan fingerprint density at radius 2 is 1.80 bits per heavy atom. The predicted molar refractivity (Wildman–Crippen MR) is 111 cm³/mol. The largest absolute Gasteiger partial charge is 0.460 e. The van der Waals surface area contributed by atoms with Crippen molar-refractivity contribution in [3.63, 3.8) is 0 Å². The standard InChI is InChI=1S/C21H33N3O6/c1-21(2,3)30-20(28)24-17(18(26)23-12-13-25)11-7-10-16(22)19(27)29-14-15-8-5-4-6-9-15/h4-6,8-9,16-17,25H,7,10-14,22H2,1-3H3,(H,23,26)(H,24,28)/t16?,17-/m0/s1. The van der Waals surface area contributed by atoms with Crippen LogP contribution in [0.4, 0.5) is 4.79 Å². The second-order valence-electron chi connectivity index (χ2n) is 7.84. The van der Waals surface area contributed by atoms with Crippen LogP contribution < -0.4 is 16.4 Å². The van der Waals surface area contributed by atoms with Gasteiger partial charge in [0.2, 0.25) is 5.91 Å². The minimum atomic E-state index is -0.876. The van der Waals surface area contributed by atoms with E-state index in [4.69, 9.17) is 20.3 Å². The van der Waals surface area contributed by atoms with Crippen molar-refractivity contribution in [3.8, 4) is 0 Å². The first-order chi connectivity index (χ1) is 14.1. The van der Waals surface area contributed by atoms with Crippen molar-refractivity contribution in [2.24, 2.45) is 5.73 Å². The molecule has 2 atom stereocenters. The van der Waals surface area contributed by atoms with Crippen molar-refractivity contribution in [2.45, 2.75) is 64.3 Å². The zero-order chi connectivity index (χ0) is 22.6. The molecular weight excluding hydrogens is 390 g/mol. The van der Waals surface area contributed by atoms with E-state index in [0.29, 0.717) is 6.42 Å². The molecule has 30 heavy (non-hydrogen) atoms. The molecule has 0 aliphatic carbocycles. The highest BCUT2D eigenvalue weighted by Gasteiger charge is 2.25. The predicted octanol–water partition coefficient (Wildman–Crippen LogP) is 1.23. The monoisotopic (exact) mass is 423 g/mol. The molecule has 9 nitrogen and oxygen atoms in total. The van der Waals surface area contributed by atoms with Gasteiger partial charge in [0, 0.05) is 6.54 Å². The van der Waals surface area contributed by atoms with Crippen molar-refractivity contribution in [3.05, 3.63) is 35.9 Å². The number of hydrogen-bond donors (Lipinski definition) is 4. The van der Waals surface area contributed by atoms with Crippen LogP contribution in [-0.2, 0) is 25.7 Å². The van der Waals surface area contributed by atoms with E-state index in [1.54, 1.807) is 20.8 Å². The average molecular weight is 424 g/mol. The van der Waals surface area contributed by atoms with E-state index < -0.39 is 35.7 Å². The molecule has 0 radical (unpaired) electrons. The van der Waals surface area contributed by atoms with E-state index in [2.05, 4.69) is 10.6 Å². The molecule has 5 N–H and O–H groups in total. The number of carbonyl (C=O) groups is 3. The van der Waals surface area contributed by atoms with Gasteiger partial charge in [-0.1, -0.05) is 30.3 Å². The molecule has 1 aromatic carbocycles. The van der Waals surface area contributed by atoms with E-state index in [1.165, 1.54) is 0 Å². The summed E-state index contributed by atoms with van der Waals surface area (Å²) in [6.07, 6.45) is 0.205.